The number of aromatic nitrogens is 3. The van der Waals surface area contributed by atoms with Crippen LogP contribution in [0.25, 0.3) is 21.1 Å². The van der Waals surface area contributed by atoms with Gasteiger partial charge in [0, 0.05) is 43.5 Å². The number of aryl methyl sites for hydroxylation is 1. The van der Waals surface area contributed by atoms with Gasteiger partial charge < -0.3 is 10.2 Å². The molecule has 0 fully saturated rings. The normalized spacial score (nSPS) is 10.8. The zero-order valence-corrected chi connectivity index (χ0v) is 19.6. The number of benzene rings is 2. The Hall–Kier alpha value is -3.78. The molecule has 1 N–H and O–H groups in total. The first-order chi connectivity index (χ1) is 15.9. The number of anilines is 1. The highest BCUT2D eigenvalue weighted by atomic mass is 32.1. The molecule has 2 heterocycles. The molecule has 0 saturated heterocycles. The Labute approximate surface area is 196 Å². The van der Waals surface area contributed by atoms with Crippen LogP contribution in [-0.2, 0) is 6.54 Å². The second-order valence-electron chi connectivity index (χ2n) is 7.78. The van der Waals surface area contributed by atoms with E-state index in [1.165, 1.54) is 10.7 Å². The van der Waals surface area contributed by atoms with E-state index < -0.39 is 0 Å². The molecule has 4 rings (SSSR count). The summed E-state index contributed by atoms with van der Waals surface area (Å²) in [5, 5.41) is 8.30. The van der Waals surface area contributed by atoms with Gasteiger partial charge in [0.1, 0.15) is 10.7 Å². The summed E-state index contributed by atoms with van der Waals surface area (Å²) in [4.78, 5) is 32.3. The Balaban J connectivity index is 1.45. The number of amides is 1. The van der Waals surface area contributed by atoms with Gasteiger partial charge >= 0.3 is 0 Å². The minimum absolute atomic E-state index is 0.185. The van der Waals surface area contributed by atoms with E-state index in [4.69, 9.17) is 0 Å². The average Bonchev–Trinajstić information content (AvgIpc) is 3.22. The van der Waals surface area contributed by atoms with Crippen molar-refractivity contribution in [2.45, 2.75) is 13.5 Å². The zero-order chi connectivity index (χ0) is 23.4. The lowest BCUT2D eigenvalue weighted by Gasteiger charge is -2.12. The van der Waals surface area contributed by atoms with Crippen molar-refractivity contribution in [2.24, 2.45) is 0 Å². The molecule has 2 aromatic heterocycles. The van der Waals surface area contributed by atoms with Crippen LogP contribution in [0.5, 0.6) is 0 Å². The molecule has 0 atom stereocenters. The van der Waals surface area contributed by atoms with E-state index in [0.717, 1.165) is 26.8 Å². The SMILES string of the molecule is Cc1nc(-c2ccccc2)sc1-c1ccc(=O)n(CCNC(=O)c2ccc(N(C)C)cc2)n1. The fourth-order valence-electron chi connectivity index (χ4n) is 3.36. The fraction of sp³-hybridized carbons (Fsp3) is 0.200. The maximum Gasteiger partial charge on any atom is 0.266 e. The first-order valence-corrected chi connectivity index (χ1v) is 11.4. The molecular formula is C25H25N5O2S. The van der Waals surface area contributed by atoms with Crippen LogP contribution in [0.15, 0.2) is 71.5 Å². The van der Waals surface area contributed by atoms with Gasteiger partial charge in [-0.05, 0) is 37.3 Å². The largest absolute Gasteiger partial charge is 0.378 e. The number of thiazole rings is 1. The van der Waals surface area contributed by atoms with Gasteiger partial charge in [0.25, 0.3) is 11.5 Å². The summed E-state index contributed by atoms with van der Waals surface area (Å²) in [6, 6.07) is 20.6. The summed E-state index contributed by atoms with van der Waals surface area (Å²) in [6.07, 6.45) is 0. The van der Waals surface area contributed by atoms with Gasteiger partial charge in [-0.2, -0.15) is 5.10 Å². The fourth-order valence-corrected chi connectivity index (χ4v) is 4.39. The lowest BCUT2D eigenvalue weighted by atomic mass is 10.2. The molecule has 0 aliphatic rings. The smallest absolute Gasteiger partial charge is 0.266 e. The molecule has 0 radical (unpaired) electrons. The Morgan fingerprint density at radius 3 is 2.45 bits per heavy atom. The van der Waals surface area contributed by atoms with E-state index in [-0.39, 0.29) is 18.0 Å². The lowest BCUT2D eigenvalue weighted by molar-refractivity contribution is 0.0952. The van der Waals surface area contributed by atoms with Gasteiger partial charge in [-0.25, -0.2) is 9.67 Å². The second-order valence-corrected chi connectivity index (χ2v) is 8.78. The Morgan fingerprint density at radius 2 is 1.76 bits per heavy atom. The van der Waals surface area contributed by atoms with Crippen LogP contribution in [0.4, 0.5) is 5.69 Å². The monoisotopic (exact) mass is 459 g/mol. The minimum atomic E-state index is -0.214. The van der Waals surface area contributed by atoms with Crippen molar-refractivity contribution < 1.29 is 4.79 Å². The van der Waals surface area contributed by atoms with Gasteiger partial charge in [-0.15, -0.1) is 11.3 Å². The van der Waals surface area contributed by atoms with Gasteiger partial charge in [-0.1, -0.05) is 30.3 Å². The number of hydrogen-bond donors (Lipinski definition) is 1. The molecule has 168 valence electrons. The van der Waals surface area contributed by atoms with Crippen LogP contribution in [-0.4, -0.2) is 41.3 Å². The van der Waals surface area contributed by atoms with Gasteiger partial charge in [0.2, 0.25) is 0 Å². The molecule has 0 bridgehead atoms. The molecule has 1 amide bonds. The van der Waals surface area contributed by atoms with Crippen molar-refractivity contribution in [1.29, 1.82) is 0 Å². The molecule has 33 heavy (non-hydrogen) atoms. The summed E-state index contributed by atoms with van der Waals surface area (Å²) in [7, 11) is 3.90. The van der Waals surface area contributed by atoms with Crippen molar-refractivity contribution in [3.05, 3.63) is 88.3 Å². The highest BCUT2D eigenvalue weighted by Crippen LogP contribution is 2.33. The van der Waals surface area contributed by atoms with Gasteiger partial charge in [-0.3, -0.25) is 9.59 Å². The number of carbonyl (C=O) groups is 1. The Bertz CT molecular complexity index is 1310. The zero-order valence-electron chi connectivity index (χ0n) is 18.8. The third kappa shape index (κ3) is 5.18. The van der Waals surface area contributed by atoms with Crippen LogP contribution >= 0.6 is 11.3 Å². The number of rotatable bonds is 7. The second kappa shape index (κ2) is 9.79. The van der Waals surface area contributed by atoms with E-state index in [1.54, 1.807) is 29.5 Å². The highest BCUT2D eigenvalue weighted by molar-refractivity contribution is 7.18. The third-order valence-electron chi connectivity index (χ3n) is 5.17. The van der Waals surface area contributed by atoms with Crippen molar-refractivity contribution >= 4 is 22.9 Å². The Kier molecular flexibility index (Phi) is 6.65. The summed E-state index contributed by atoms with van der Waals surface area (Å²) >= 11 is 1.55. The summed E-state index contributed by atoms with van der Waals surface area (Å²) in [6.45, 7) is 2.51. The van der Waals surface area contributed by atoms with E-state index in [0.29, 0.717) is 17.8 Å². The first-order valence-electron chi connectivity index (χ1n) is 10.6. The van der Waals surface area contributed by atoms with Crippen LogP contribution in [0.1, 0.15) is 16.1 Å². The summed E-state index contributed by atoms with van der Waals surface area (Å²) in [5.41, 5.74) is 3.99. The minimum Gasteiger partial charge on any atom is -0.378 e. The molecule has 0 unspecified atom stereocenters. The molecule has 0 spiro atoms. The van der Waals surface area contributed by atoms with Crippen molar-refractivity contribution in [1.82, 2.24) is 20.1 Å². The van der Waals surface area contributed by atoms with E-state index in [1.807, 2.05) is 68.4 Å². The maximum absolute atomic E-state index is 12.4. The molecule has 4 aromatic rings. The van der Waals surface area contributed by atoms with Crippen molar-refractivity contribution in [2.75, 3.05) is 25.5 Å². The highest BCUT2D eigenvalue weighted by Gasteiger charge is 2.14. The first kappa shape index (κ1) is 22.4. The van der Waals surface area contributed by atoms with E-state index in [2.05, 4.69) is 15.4 Å². The molecule has 8 heteroatoms. The third-order valence-corrected chi connectivity index (χ3v) is 6.40. The predicted molar refractivity (Wildman–Crippen MR) is 133 cm³/mol. The number of hydrogen-bond acceptors (Lipinski definition) is 6. The van der Waals surface area contributed by atoms with Crippen molar-refractivity contribution in [3.63, 3.8) is 0 Å². The molecule has 0 saturated carbocycles. The topological polar surface area (TPSA) is 80.1 Å². The quantitative estimate of drug-likeness (QED) is 0.454. The summed E-state index contributed by atoms with van der Waals surface area (Å²) < 4.78 is 1.38. The molecular weight excluding hydrogens is 434 g/mol. The molecule has 0 aliphatic carbocycles. The maximum atomic E-state index is 12.4. The average molecular weight is 460 g/mol. The van der Waals surface area contributed by atoms with Crippen LogP contribution in [0, 0.1) is 6.92 Å². The number of nitrogens with zero attached hydrogens (tertiary/aromatic N) is 4. The lowest BCUT2D eigenvalue weighted by Crippen LogP contribution is -2.31. The summed E-state index contributed by atoms with van der Waals surface area (Å²) in [5.74, 6) is -0.185. The van der Waals surface area contributed by atoms with E-state index in [9.17, 15) is 9.59 Å². The van der Waals surface area contributed by atoms with Gasteiger partial charge in [0.05, 0.1) is 17.1 Å². The number of carbonyl (C=O) groups excluding carboxylic acids is 1. The van der Waals surface area contributed by atoms with E-state index >= 15 is 0 Å². The molecule has 7 nitrogen and oxygen atoms in total. The van der Waals surface area contributed by atoms with Crippen LogP contribution < -0.4 is 15.8 Å². The standard InChI is InChI=1S/C25H25N5O2S/c1-17-23(33-25(27-17)19-7-5-4-6-8-19)21-13-14-22(31)30(28-21)16-15-26-24(32)18-9-11-20(12-10-18)29(2)3/h4-14H,15-16H2,1-3H3,(H,26,32). The predicted octanol–water partition coefficient (Wildman–Crippen LogP) is 3.84. The van der Waals surface area contributed by atoms with Crippen molar-refractivity contribution in [3.8, 4) is 21.1 Å². The molecule has 2 aromatic carbocycles. The van der Waals surface area contributed by atoms with Crippen LogP contribution in [0.3, 0.4) is 0 Å². The van der Waals surface area contributed by atoms with Crippen LogP contribution in [0.2, 0.25) is 0 Å². The van der Waals surface area contributed by atoms with Gasteiger partial charge in [0.15, 0.2) is 0 Å². The molecule has 0 aliphatic heterocycles. The number of nitrogens with one attached hydrogen (secondary N) is 1. The Morgan fingerprint density at radius 1 is 1.03 bits per heavy atom.